The highest BCUT2D eigenvalue weighted by Gasteiger charge is 2.13. The van der Waals surface area contributed by atoms with Crippen LogP contribution in [0.1, 0.15) is 27.8 Å². The Labute approximate surface area is 202 Å². The van der Waals surface area contributed by atoms with Crippen LogP contribution in [0.5, 0.6) is 0 Å². The van der Waals surface area contributed by atoms with Crippen molar-refractivity contribution in [2.45, 2.75) is 33.0 Å². The summed E-state index contributed by atoms with van der Waals surface area (Å²) < 4.78 is 1.42. The van der Waals surface area contributed by atoms with Gasteiger partial charge in [-0.2, -0.15) is 0 Å². The summed E-state index contributed by atoms with van der Waals surface area (Å²) in [6.45, 7) is 2.88. The highest BCUT2D eigenvalue weighted by atomic mass is 35.5. The number of aromatic nitrogens is 2. The van der Waals surface area contributed by atoms with Crippen molar-refractivity contribution in [1.82, 2.24) is 15.0 Å². The average Bonchev–Trinajstić information content (AvgIpc) is 2.85. The van der Waals surface area contributed by atoms with Crippen molar-refractivity contribution in [2.75, 3.05) is 5.43 Å². The molecule has 4 N–H and O–H groups in total. The largest absolute Gasteiger partial charge is 0.352 e. The number of hydrogen-bond donors (Lipinski definition) is 3. The SMILES string of the molecule is Cc1ccn(NCc2cccc3cccnc23)c(=O)c1CC(=O)NCc1cc(Cl)ccc1CN. The van der Waals surface area contributed by atoms with Crippen LogP contribution in [0.2, 0.25) is 5.02 Å². The minimum Gasteiger partial charge on any atom is -0.352 e. The van der Waals surface area contributed by atoms with Gasteiger partial charge in [-0.05, 0) is 53.4 Å². The molecule has 0 unspecified atom stereocenters. The molecule has 34 heavy (non-hydrogen) atoms. The van der Waals surface area contributed by atoms with Crippen LogP contribution in [-0.4, -0.2) is 15.6 Å². The number of aryl methyl sites for hydroxylation is 1. The molecule has 2 aromatic heterocycles. The van der Waals surface area contributed by atoms with E-state index >= 15 is 0 Å². The van der Waals surface area contributed by atoms with E-state index in [1.165, 1.54) is 4.68 Å². The molecule has 0 saturated carbocycles. The topological polar surface area (TPSA) is 102 Å². The summed E-state index contributed by atoms with van der Waals surface area (Å²) in [5, 5.41) is 4.49. The second kappa shape index (κ2) is 10.5. The van der Waals surface area contributed by atoms with Crippen LogP contribution < -0.4 is 22.0 Å². The highest BCUT2D eigenvalue weighted by Crippen LogP contribution is 2.17. The van der Waals surface area contributed by atoms with E-state index in [-0.39, 0.29) is 17.9 Å². The predicted molar refractivity (Wildman–Crippen MR) is 135 cm³/mol. The Morgan fingerprint density at radius 1 is 1.06 bits per heavy atom. The molecule has 0 aliphatic heterocycles. The quantitative estimate of drug-likeness (QED) is 0.362. The van der Waals surface area contributed by atoms with Gasteiger partial charge in [0.1, 0.15) is 0 Å². The zero-order valence-corrected chi connectivity index (χ0v) is 19.6. The lowest BCUT2D eigenvalue weighted by atomic mass is 10.1. The summed E-state index contributed by atoms with van der Waals surface area (Å²) in [5.74, 6) is -0.251. The summed E-state index contributed by atoms with van der Waals surface area (Å²) in [6, 6.07) is 17.1. The molecule has 0 aliphatic rings. The molecule has 174 valence electrons. The maximum atomic E-state index is 13.1. The van der Waals surface area contributed by atoms with Gasteiger partial charge in [-0.15, -0.1) is 0 Å². The van der Waals surface area contributed by atoms with Gasteiger partial charge in [0, 0.05) is 41.5 Å². The standard InChI is InChI=1S/C26H26ClN5O2/c1-17-9-11-32(31-16-20-5-2-4-18-6-3-10-29-25(18)20)26(34)23(17)13-24(33)30-15-21-12-22(27)8-7-19(21)14-28/h2-12,31H,13-16,28H2,1H3,(H,30,33). The first-order valence-electron chi connectivity index (χ1n) is 11.0. The molecular weight excluding hydrogens is 450 g/mol. The second-order valence-corrected chi connectivity index (χ2v) is 8.49. The Balaban J connectivity index is 1.46. The number of nitrogens with zero attached hydrogens (tertiary/aromatic N) is 2. The number of carbonyl (C=O) groups excluding carboxylic acids is 1. The fourth-order valence-corrected chi connectivity index (χ4v) is 4.06. The third-order valence-electron chi connectivity index (χ3n) is 5.78. The molecule has 1 amide bonds. The maximum Gasteiger partial charge on any atom is 0.272 e. The molecule has 2 aromatic carbocycles. The van der Waals surface area contributed by atoms with Gasteiger partial charge in [-0.3, -0.25) is 14.6 Å². The Hall–Kier alpha value is -3.68. The number of nitrogens with one attached hydrogen (secondary N) is 2. The van der Waals surface area contributed by atoms with Gasteiger partial charge in [0.05, 0.1) is 18.5 Å². The summed E-state index contributed by atoms with van der Waals surface area (Å²) >= 11 is 6.08. The van der Waals surface area contributed by atoms with Crippen LogP contribution in [0.15, 0.2) is 71.8 Å². The monoisotopic (exact) mass is 475 g/mol. The lowest BCUT2D eigenvalue weighted by Crippen LogP contribution is -2.34. The number of pyridine rings is 2. The molecular formula is C26H26ClN5O2. The number of halogens is 1. The number of amides is 1. The fourth-order valence-electron chi connectivity index (χ4n) is 3.86. The summed E-state index contributed by atoms with van der Waals surface area (Å²) in [5.41, 5.74) is 13.5. The number of fused-ring (bicyclic) bond motifs is 1. The summed E-state index contributed by atoms with van der Waals surface area (Å²) in [7, 11) is 0. The first-order valence-corrected chi connectivity index (χ1v) is 11.4. The molecule has 0 fully saturated rings. The first-order chi connectivity index (χ1) is 16.5. The number of para-hydroxylation sites is 1. The van der Waals surface area contributed by atoms with Gasteiger partial charge in [-0.1, -0.05) is 41.9 Å². The molecule has 0 radical (unpaired) electrons. The van der Waals surface area contributed by atoms with Crippen molar-refractivity contribution in [3.8, 4) is 0 Å². The van der Waals surface area contributed by atoms with Gasteiger partial charge < -0.3 is 16.5 Å². The van der Waals surface area contributed by atoms with Crippen molar-refractivity contribution >= 4 is 28.4 Å². The van der Waals surface area contributed by atoms with E-state index in [9.17, 15) is 9.59 Å². The van der Waals surface area contributed by atoms with Crippen LogP contribution in [0.25, 0.3) is 10.9 Å². The first kappa shape index (κ1) is 23.5. The van der Waals surface area contributed by atoms with E-state index in [2.05, 4.69) is 15.7 Å². The number of carbonyl (C=O) groups is 1. The molecule has 0 bridgehead atoms. The van der Waals surface area contributed by atoms with E-state index in [1.54, 1.807) is 24.5 Å². The average molecular weight is 476 g/mol. The van der Waals surface area contributed by atoms with Crippen LogP contribution in [0.3, 0.4) is 0 Å². The second-order valence-electron chi connectivity index (χ2n) is 8.05. The van der Waals surface area contributed by atoms with Gasteiger partial charge in [0.25, 0.3) is 5.56 Å². The van der Waals surface area contributed by atoms with Crippen LogP contribution >= 0.6 is 11.6 Å². The van der Waals surface area contributed by atoms with Crippen molar-refractivity contribution in [1.29, 1.82) is 0 Å². The van der Waals surface area contributed by atoms with Gasteiger partial charge in [-0.25, -0.2) is 4.68 Å². The lowest BCUT2D eigenvalue weighted by molar-refractivity contribution is -0.120. The van der Waals surface area contributed by atoms with E-state index in [0.29, 0.717) is 30.2 Å². The summed E-state index contributed by atoms with van der Waals surface area (Å²) in [4.78, 5) is 30.2. The van der Waals surface area contributed by atoms with Gasteiger partial charge in [0.2, 0.25) is 5.91 Å². The predicted octanol–water partition coefficient (Wildman–Crippen LogP) is 3.42. The zero-order valence-electron chi connectivity index (χ0n) is 18.8. The normalized spacial score (nSPS) is 10.9. The third kappa shape index (κ3) is 5.27. The van der Waals surface area contributed by atoms with Gasteiger partial charge in [0.15, 0.2) is 0 Å². The van der Waals surface area contributed by atoms with Crippen molar-refractivity contribution in [3.63, 3.8) is 0 Å². The van der Waals surface area contributed by atoms with Crippen LogP contribution in [0, 0.1) is 6.92 Å². The lowest BCUT2D eigenvalue weighted by Gasteiger charge is -2.14. The number of rotatable bonds is 8. The number of nitrogens with two attached hydrogens (primary N) is 1. The Morgan fingerprint density at radius 2 is 1.88 bits per heavy atom. The molecule has 4 rings (SSSR count). The molecule has 0 atom stereocenters. The Morgan fingerprint density at radius 3 is 2.71 bits per heavy atom. The maximum absolute atomic E-state index is 13.1. The van der Waals surface area contributed by atoms with E-state index in [4.69, 9.17) is 17.3 Å². The minimum atomic E-state index is -0.256. The molecule has 7 nitrogen and oxygen atoms in total. The van der Waals surface area contributed by atoms with Crippen molar-refractivity contribution < 1.29 is 4.79 Å². The van der Waals surface area contributed by atoms with Crippen molar-refractivity contribution in [3.05, 3.63) is 110 Å². The van der Waals surface area contributed by atoms with E-state index in [0.717, 1.165) is 33.2 Å². The Kier molecular flexibility index (Phi) is 7.25. The van der Waals surface area contributed by atoms with E-state index < -0.39 is 0 Å². The molecule has 2 heterocycles. The highest BCUT2D eigenvalue weighted by molar-refractivity contribution is 6.30. The van der Waals surface area contributed by atoms with E-state index in [1.807, 2.05) is 49.4 Å². The molecule has 0 aliphatic carbocycles. The molecule has 4 aromatic rings. The Bertz CT molecular complexity index is 1390. The van der Waals surface area contributed by atoms with Crippen molar-refractivity contribution in [2.24, 2.45) is 5.73 Å². The molecule has 8 heteroatoms. The molecule has 0 saturated heterocycles. The third-order valence-corrected chi connectivity index (χ3v) is 6.02. The minimum absolute atomic E-state index is 0.0263. The van der Waals surface area contributed by atoms with Crippen LogP contribution in [0.4, 0.5) is 0 Å². The molecule has 0 spiro atoms. The number of hydrogen-bond acceptors (Lipinski definition) is 5. The zero-order chi connectivity index (χ0) is 24.1. The summed E-state index contributed by atoms with van der Waals surface area (Å²) in [6.07, 6.45) is 3.40. The van der Waals surface area contributed by atoms with Crippen LogP contribution in [-0.2, 0) is 30.8 Å². The van der Waals surface area contributed by atoms with Gasteiger partial charge >= 0.3 is 0 Å². The smallest absolute Gasteiger partial charge is 0.272 e. The fraction of sp³-hybridized carbons (Fsp3) is 0.192. The number of benzene rings is 2.